The summed E-state index contributed by atoms with van der Waals surface area (Å²) >= 11 is 0. The van der Waals surface area contributed by atoms with Gasteiger partial charge in [0.05, 0.1) is 19.0 Å². The van der Waals surface area contributed by atoms with Crippen molar-refractivity contribution in [2.45, 2.75) is 45.6 Å². The van der Waals surface area contributed by atoms with Crippen LogP contribution in [0.2, 0.25) is 0 Å². The van der Waals surface area contributed by atoms with E-state index in [9.17, 15) is 0 Å². The highest BCUT2D eigenvalue weighted by Crippen LogP contribution is 2.43. The maximum Gasteiger partial charge on any atom is 0.160 e. The first-order valence-corrected chi connectivity index (χ1v) is 7.45. The molecule has 0 radical (unpaired) electrons. The summed E-state index contributed by atoms with van der Waals surface area (Å²) in [5, 5.41) is 7.82. The molecule has 1 saturated carbocycles. The molecule has 0 bridgehead atoms. The van der Waals surface area contributed by atoms with Crippen molar-refractivity contribution in [3.05, 3.63) is 11.9 Å². The minimum absolute atomic E-state index is 0.564. The molecule has 0 aliphatic heterocycles. The van der Waals surface area contributed by atoms with Gasteiger partial charge in [-0.3, -0.25) is 4.68 Å². The Bertz CT molecular complexity index is 381. The van der Waals surface area contributed by atoms with Crippen LogP contribution in [0.15, 0.2) is 6.20 Å². The van der Waals surface area contributed by atoms with E-state index in [0.717, 1.165) is 24.8 Å². The van der Waals surface area contributed by atoms with Crippen LogP contribution < -0.4 is 10.1 Å². The standard InChI is InChI=1S/C15H27N3O/c1-5-18-15(14(19-4)10-17-18)13-8-11(2)6-7-12(13)9-16-3/h10-13,16H,5-9H2,1-4H3. The number of methoxy groups -OCH3 is 1. The van der Waals surface area contributed by atoms with Crippen LogP contribution in [0.3, 0.4) is 0 Å². The minimum atomic E-state index is 0.564. The highest BCUT2D eigenvalue weighted by Gasteiger charge is 2.33. The maximum absolute atomic E-state index is 5.54. The summed E-state index contributed by atoms with van der Waals surface area (Å²) in [6, 6.07) is 0. The Hall–Kier alpha value is -1.03. The smallest absolute Gasteiger partial charge is 0.160 e. The molecular formula is C15H27N3O. The van der Waals surface area contributed by atoms with Crippen LogP contribution in [0.25, 0.3) is 0 Å². The van der Waals surface area contributed by atoms with Crippen molar-refractivity contribution >= 4 is 0 Å². The van der Waals surface area contributed by atoms with E-state index in [-0.39, 0.29) is 0 Å². The summed E-state index contributed by atoms with van der Waals surface area (Å²) < 4.78 is 7.65. The van der Waals surface area contributed by atoms with Crippen LogP contribution in [0.4, 0.5) is 0 Å². The van der Waals surface area contributed by atoms with Crippen molar-refractivity contribution in [3.63, 3.8) is 0 Å². The molecule has 0 amide bonds. The summed E-state index contributed by atoms with van der Waals surface area (Å²) in [7, 11) is 3.79. The molecule has 1 aromatic rings. The fourth-order valence-corrected chi connectivity index (χ4v) is 3.45. The van der Waals surface area contributed by atoms with E-state index in [1.165, 1.54) is 25.0 Å². The molecule has 1 N–H and O–H groups in total. The number of aryl methyl sites for hydroxylation is 1. The topological polar surface area (TPSA) is 39.1 Å². The second-order valence-corrected chi connectivity index (χ2v) is 5.76. The number of hydrogen-bond acceptors (Lipinski definition) is 3. The summed E-state index contributed by atoms with van der Waals surface area (Å²) in [5.74, 6) is 3.01. The lowest BCUT2D eigenvalue weighted by Crippen LogP contribution is -2.31. The quantitative estimate of drug-likeness (QED) is 0.889. The molecule has 3 unspecified atom stereocenters. The molecule has 0 spiro atoms. The lowest BCUT2D eigenvalue weighted by atomic mass is 9.73. The van der Waals surface area contributed by atoms with E-state index in [1.807, 2.05) is 13.2 Å². The van der Waals surface area contributed by atoms with Gasteiger partial charge in [0.15, 0.2) is 5.75 Å². The number of nitrogens with zero attached hydrogens (tertiary/aromatic N) is 2. The van der Waals surface area contributed by atoms with Gasteiger partial charge < -0.3 is 10.1 Å². The van der Waals surface area contributed by atoms with E-state index in [4.69, 9.17) is 4.74 Å². The van der Waals surface area contributed by atoms with Gasteiger partial charge in [-0.1, -0.05) is 13.3 Å². The molecule has 4 heteroatoms. The van der Waals surface area contributed by atoms with E-state index >= 15 is 0 Å². The third kappa shape index (κ3) is 2.94. The zero-order chi connectivity index (χ0) is 13.8. The number of hydrogen-bond donors (Lipinski definition) is 1. The van der Waals surface area contributed by atoms with Crippen LogP contribution in [-0.2, 0) is 6.54 Å². The van der Waals surface area contributed by atoms with Gasteiger partial charge in [-0.25, -0.2) is 0 Å². The number of ether oxygens (including phenoxy) is 1. The third-order valence-electron chi connectivity index (χ3n) is 4.44. The third-order valence-corrected chi connectivity index (χ3v) is 4.44. The SMILES string of the molecule is CCn1ncc(OC)c1C1CC(C)CCC1CNC. The van der Waals surface area contributed by atoms with Gasteiger partial charge in [-0.05, 0) is 45.2 Å². The summed E-state index contributed by atoms with van der Waals surface area (Å²) in [6.45, 7) is 6.50. The predicted octanol–water partition coefficient (Wildman–Crippen LogP) is 2.65. The van der Waals surface area contributed by atoms with E-state index in [2.05, 4.69) is 28.9 Å². The Balaban J connectivity index is 2.32. The molecule has 1 aliphatic carbocycles. The molecule has 108 valence electrons. The summed E-state index contributed by atoms with van der Waals surface area (Å²) in [4.78, 5) is 0. The minimum Gasteiger partial charge on any atom is -0.493 e. The molecule has 19 heavy (non-hydrogen) atoms. The van der Waals surface area contributed by atoms with Gasteiger partial charge in [-0.2, -0.15) is 5.10 Å². The van der Waals surface area contributed by atoms with Crippen LogP contribution in [-0.4, -0.2) is 30.5 Å². The first-order valence-electron chi connectivity index (χ1n) is 7.45. The van der Waals surface area contributed by atoms with Crippen molar-refractivity contribution in [3.8, 4) is 5.75 Å². The van der Waals surface area contributed by atoms with E-state index in [1.54, 1.807) is 7.11 Å². The summed E-state index contributed by atoms with van der Waals surface area (Å²) in [6.07, 6.45) is 5.75. The van der Waals surface area contributed by atoms with Gasteiger partial charge >= 0.3 is 0 Å². The molecule has 1 heterocycles. The Morgan fingerprint density at radius 2 is 2.26 bits per heavy atom. The highest BCUT2D eigenvalue weighted by molar-refractivity contribution is 5.30. The molecule has 1 fully saturated rings. The fourth-order valence-electron chi connectivity index (χ4n) is 3.45. The molecule has 2 rings (SSSR count). The Morgan fingerprint density at radius 1 is 1.47 bits per heavy atom. The van der Waals surface area contributed by atoms with Crippen molar-refractivity contribution < 1.29 is 4.74 Å². The monoisotopic (exact) mass is 265 g/mol. The first-order chi connectivity index (χ1) is 9.21. The number of rotatable bonds is 5. The zero-order valence-electron chi connectivity index (χ0n) is 12.6. The van der Waals surface area contributed by atoms with Crippen LogP contribution >= 0.6 is 0 Å². The van der Waals surface area contributed by atoms with Gasteiger partial charge in [0.1, 0.15) is 0 Å². The second-order valence-electron chi connectivity index (χ2n) is 5.76. The lowest BCUT2D eigenvalue weighted by Gasteiger charge is -2.35. The highest BCUT2D eigenvalue weighted by atomic mass is 16.5. The first kappa shape index (κ1) is 14.4. The molecule has 0 saturated heterocycles. The predicted molar refractivity (Wildman–Crippen MR) is 77.6 cm³/mol. The maximum atomic E-state index is 5.54. The second kappa shape index (κ2) is 6.42. The Labute approximate surface area is 116 Å². The molecule has 1 aliphatic rings. The van der Waals surface area contributed by atoms with Crippen LogP contribution in [0.1, 0.15) is 44.7 Å². The van der Waals surface area contributed by atoms with Gasteiger partial charge in [0.25, 0.3) is 0 Å². The summed E-state index contributed by atoms with van der Waals surface area (Å²) in [5.41, 5.74) is 1.30. The number of nitrogens with one attached hydrogen (secondary N) is 1. The molecular weight excluding hydrogens is 238 g/mol. The fraction of sp³-hybridized carbons (Fsp3) is 0.800. The van der Waals surface area contributed by atoms with Crippen molar-refractivity contribution in [2.24, 2.45) is 11.8 Å². The molecule has 0 aromatic carbocycles. The van der Waals surface area contributed by atoms with Crippen molar-refractivity contribution in [1.29, 1.82) is 0 Å². The Morgan fingerprint density at radius 3 is 2.89 bits per heavy atom. The van der Waals surface area contributed by atoms with Crippen molar-refractivity contribution in [2.75, 3.05) is 20.7 Å². The lowest BCUT2D eigenvalue weighted by molar-refractivity contribution is 0.231. The van der Waals surface area contributed by atoms with Gasteiger partial charge in [0, 0.05) is 12.5 Å². The van der Waals surface area contributed by atoms with Crippen LogP contribution in [0, 0.1) is 11.8 Å². The van der Waals surface area contributed by atoms with Gasteiger partial charge in [0.2, 0.25) is 0 Å². The Kier molecular flexibility index (Phi) is 4.86. The largest absolute Gasteiger partial charge is 0.493 e. The molecule has 3 atom stereocenters. The number of aromatic nitrogens is 2. The van der Waals surface area contributed by atoms with Crippen molar-refractivity contribution in [1.82, 2.24) is 15.1 Å². The average molecular weight is 265 g/mol. The van der Waals surface area contributed by atoms with E-state index < -0.39 is 0 Å². The average Bonchev–Trinajstić information content (AvgIpc) is 2.83. The molecule has 1 aromatic heterocycles. The van der Waals surface area contributed by atoms with E-state index in [0.29, 0.717) is 11.8 Å². The zero-order valence-corrected chi connectivity index (χ0v) is 12.6. The normalized spacial score (nSPS) is 27.5. The van der Waals surface area contributed by atoms with Crippen LogP contribution in [0.5, 0.6) is 5.75 Å². The van der Waals surface area contributed by atoms with Gasteiger partial charge in [-0.15, -0.1) is 0 Å². The molecule has 4 nitrogen and oxygen atoms in total.